The number of halogens is 1. The van der Waals surface area contributed by atoms with Gasteiger partial charge in [0.2, 0.25) is 0 Å². The average Bonchev–Trinajstić information content (AvgIpc) is 2.49. The molecule has 0 aliphatic carbocycles. The minimum absolute atomic E-state index is 0. The Balaban J connectivity index is 0.00000112. The molecule has 15 heavy (non-hydrogen) atoms. The molecular weight excluding hydrogens is 234 g/mol. The number of nitrogen functional groups attached to an aromatic ring is 1. The van der Waals surface area contributed by atoms with Gasteiger partial charge in [0.25, 0.3) is 0 Å². The molecule has 0 bridgehead atoms. The van der Waals surface area contributed by atoms with Crippen LogP contribution in [-0.4, -0.2) is 25.5 Å². The monoisotopic (exact) mass is 245 g/mol. The van der Waals surface area contributed by atoms with Crippen LogP contribution in [0.3, 0.4) is 0 Å². The highest BCUT2D eigenvalue weighted by Crippen LogP contribution is 2.21. The number of aromatic nitrogens is 4. The minimum atomic E-state index is 0. The van der Waals surface area contributed by atoms with Gasteiger partial charge >= 0.3 is 0 Å². The molecule has 0 aliphatic heterocycles. The summed E-state index contributed by atoms with van der Waals surface area (Å²) in [6.45, 7) is 2.05. The fraction of sp³-hybridized carbons (Fsp3) is 0.375. The summed E-state index contributed by atoms with van der Waals surface area (Å²) in [5, 5.41) is 5.60. The summed E-state index contributed by atoms with van der Waals surface area (Å²) in [4.78, 5) is 8.54. The second-order valence-corrected chi connectivity index (χ2v) is 4.06. The summed E-state index contributed by atoms with van der Waals surface area (Å²) in [7, 11) is 1.84. The highest BCUT2D eigenvalue weighted by molar-refractivity contribution is 7.99. The van der Waals surface area contributed by atoms with Crippen LogP contribution in [-0.2, 0) is 7.05 Å². The molecule has 0 unspecified atom stereocenters. The highest BCUT2D eigenvalue weighted by Gasteiger charge is 2.08. The third-order valence-corrected chi connectivity index (χ3v) is 2.60. The Morgan fingerprint density at radius 3 is 2.87 bits per heavy atom. The molecule has 0 aromatic carbocycles. The van der Waals surface area contributed by atoms with Crippen molar-refractivity contribution in [2.75, 3.05) is 11.5 Å². The number of fused-ring (bicyclic) bond motifs is 1. The summed E-state index contributed by atoms with van der Waals surface area (Å²) in [5.74, 6) is 1.43. The summed E-state index contributed by atoms with van der Waals surface area (Å²) < 4.78 is 1.70. The molecule has 2 N–H and O–H groups in total. The first kappa shape index (κ1) is 12.1. The summed E-state index contributed by atoms with van der Waals surface area (Å²) >= 11 is 1.57. The van der Waals surface area contributed by atoms with Gasteiger partial charge < -0.3 is 5.73 Å². The van der Waals surface area contributed by atoms with Gasteiger partial charge in [0, 0.05) is 7.05 Å². The molecule has 5 nitrogen and oxygen atoms in total. The summed E-state index contributed by atoms with van der Waals surface area (Å²) in [6.07, 6.45) is 1.69. The van der Waals surface area contributed by atoms with Gasteiger partial charge in [-0.15, -0.1) is 12.4 Å². The fourth-order valence-corrected chi connectivity index (χ4v) is 1.79. The van der Waals surface area contributed by atoms with Crippen molar-refractivity contribution in [1.82, 2.24) is 19.7 Å². The standard InChI is InChI=1S/C8H11N5S.ClH/c1-3-14-8-11-6(9)5-4-10-13(2)7(5)12-8;/h4H,3H2,1-2H3,(H2,9,11,12);1H. The maximum absolute atomic E-state index is 5.78. The van der Waals surface area contributed by atoms with Crippen LogP contribution < -0.4 is 5.73 Å². The molecule has 0 atom stereocenters. The first-order valence-electron chi connectivity index (χ1n) is 4.30. The van der Waals surface area contributed by atoms with Crippen LogP contribution in [0.4, 0.5) is 5.82 Å². The lowest BCUT2D eigenvalue weighted by molar-refractivity contribution is 0.778. The zero-order valence-corrected chi connectivity index (χ0v) is 10.1. The Hall–Kier alpha value is -1.01. The lowest BCUT2D eigenvalue weighted by Gasteiger charge is -2.00. The smallest absolute Gasteiger partial charge is 0.191 e. The topological polar surface area (TPSA) is 69.6 Å². The van der Waals surface area contributed by atoms with Gasteiger partial charge in [0.05, 0.1) is 11.6 Å². The van der Waals surface area contributed by atoms with Crippen molar-refractivity contribution in [3.63, 3.8) is 0 Å². The van der Waals surface area contributed by atoms with Gasteiger partial charge in [0.1, 0.15) is 5.82 Å². The van der Waals surface area contributed by atoms with Crippen LogP contribution >= 0.6 is 24.2 Å². The molecule has 0 aliphatic rings. The summed E-state index contributed by atoms with van der Waals surface area (Å²) in [5.41, 5.74) is 6.57. The van der Waals surface area contributed by atoms with Crippen molar-refractivity contribution >= 4 is 41.0 Å². The van der Waals surface area contributed by atoms with Gasteiger partial charge in [-0.3, -0.25) is 4.68 Å². The Kier molecular flexibility index (Phi) is 3.76. The normalized spacial score (nSPS) is 10.3. The predicted molar refractivity (Wildman–Crippen MR) is 64.4 cm³/mol. The zero-order chi connectivity index (χ0) is 10.1. The van der Waals surface area contributed by atoms with Gasteiger partial charge in [-0.05, 0) is 5.75 Å². The molecule has 0 fully saturated rings. The van der Waals surface area contributed by atoms with Crippen LogP contribution in [0.2, 0.25) is 0 Å². The lowest BCUT2D eigenvalue weighted by atomic mass is 10.4. The molecular formula is C8H12ClN5S. The van der Waals surface area contributed by atoms with Crippen molar-refractivity contribution in [1.29, 1.82) is 0 Å². The Bertz CT molecular complexity index is 469. The molecule has 0 spiro atoms. The Morgan fingerprint density at radius 2 is 2.20 bits per heavy atom. The number of anilines is 1. The SMILES string of the molecule is CCSc1nc(N)c2cnn(C)c2n1.Cl. The largest absolute Gasteiger partial charge is 0.383 e. The molecule has 2 aromatic heterocycles. The maximum atomic E-state index is 5.78. The van der Waals surface area contributed by atoms with E-state index < -0.39 is 0 Å². The number of thioether (sulfide) groups is 1. The van der Waals surface area contributed by atoms with Gasteiger partial charge in [0.15, 0.2) is 10.8 Å². The molecule has 0 saturated carbocycles. The molecule has 0 saturated heterocycles. The van der Waals surface area contributed by atoms with E-state index in [2.05, 4.69) is 22.0 Å². The van der Waals surface area contributed by atoms with E-state index in [4.69, 9.17) is 5.73 Å². The van der Waals surface area contributed by atoms with Crippen molar-refractivity contribution < 1.29 is 0 Å². The Labute approximate surface area is 97.9 Å². The second-order valence-electron chi connectivity index (χ2n) is 2.83. The van der Waals surface area contributed by atoms with E-state index in [0.717, 1.165) is 16.8 Å². The number of hydrogen-bond acceptors (Lipinski definition) is 5. The molecule has 0 radical (unpaired) electrons. The van der Waals surface area contributed by atoms with E-state index in [-0.39, 0.29) is 12.4 Å². The first-order valence-corrected chi connectivity index (χ1v) is 5.29. The van der Waals surface area contributed by atoms with E-state index in [1.807, 2.05) is 7.05 Å². The molecule has 82 valence electrons. The van der Waals surface area contributed by atoms with Crippen molar-refractivity contribution in [2.45, 2.75) is 12.1 Å². The number of nitrogens with zero attached hydrogens (tertiary/aromatic N) is 4. The van der Waals surface area contributed by atoms with E-state index in [1.54, 1.807) is 22.6 Å². The van der Waals surface area contributed by atoms with Crippen molar-refractivity contribution in [2.24, 2.45) is 7.05 Å². The number of aryl methyl sites for hydroxylation is 1. The number of nitrogens with two attached hydrogens (primary N) is 1. The molecule has 0 amide bonds. The Morgan fingerprint density at radius 1 is 1.47 bits per heavy atom. The minimum Gasteiger partial charge on any atom is -0.383 e. The quantitative estimate of drug-likeness (QED) is 0.641. The number of rotatable bonds is 2. The molecule has 2 aromatic rings. The van der Waals surface area contributed by atoms with E-state index in [1.165, 1.54) is 0 Å². The average molecular weight is 246 g/mol. The fourth-order valence-electron chi connectivity index (χ4n) is 1.22. The van der Waals surface area contributed by atoms with Crippen molar-refractivity contribution in [3.05, 3.63) is 6.20 Å². The second kappa shape index (κ2) is 4.67. The first-order chi connectivity index (χ1) is 6.72. The van der Waals surface area contributed by atoms with Gasteiger partial charge in [-0.1, -0.05) is 18.7 Å². The van der Waals surface area contributed by atoms with E-state index in [0.29, 0.717) is 11.0 Å². The van der Waals surface area contributed by atoms with Crippen LogP contribution in [0.15, 0.2) is 11.4 Å². The molecule has 2 heterocycles. The van der Waals surface area contributed by atoms with Gasteiger partial charge in [-0.2, -0.15) is 5.10 Å². The predicted octanol–water partition coefficient (Wildman–Crippen LogP) is 1.48. The van der Waals surface area contributed by atoms with Crippen LogP contribution in [0.1, 0.15) is 6.92 Å². The van der Waals surface area contributed by atoms with Crippen LogP contribution in [0.5, 0.6) is 0 Å². The van der Waals surface area contributed by atoms with Gasteiger partial charge in [-0.25, -0.2) is 9.97 Å². The summed E-state index contributed by atoms with van der Waals surface area (Å²) in [6, 6.07) is 0. The van der Waals surface area contributed by atoms with Crippen LogP contribution in [0, 0.1) is 0 Å². The number of hydrogen-bond donors (Lipinski definition) is 1. The third-order valence-electron chi connectivity index (χ3n) is 1.87. The lowest BCUT2D eigenvalue weighted by Crippen LogP contribution is -1.98. The zero-order valence-electron chi connectivity index (χ0n) is 8.47. The van der Waals surface area contributed by atoms with E-state index >= 15 is 0 Å². The third kappa shape index (κ3) is 2.15. The highest BCUT2D eigenvalue weighted by atomic mass is 35.5. The maximum Gasteiger partial charge on any atom is 0.191 e. The molecule has 2 rings (SSSR count). The van der Waals surface area contributed by atoms with Crippen molar-refractivity contribution in [3.8, 4) is 0 Å². The van der Waals surface area contributed by atoms with E-state index in [9.17, 15) is 0 Å². The van der Waals surface area contributed by atoms with Crippen LogP contribution in [0.25, 0.3) is 11.0 Å². The molecule has 7 heteroatoms.